The fourth-order valence-electron chi connectivity index (χ4n) is 15.6. The highest BCUT2D eigenvalue weighted by molar-refractivity contribution is 7.80. The first kappa shape index (κ1) is 85.6. The van der Waals surface area contributed by atoms with Gasteiger partial charge >= 0.3 is 17.9 Å². The smallest absolute Gasteiger partial charge is 0.340 e. The number of aliphatic carboxylic acids is 2. The summed E-state index contributed by atoms with van der Waals surface area (Å²) in [4.78, 5) is 185. The summed E-state index contributed by atoms with van der Waals surface area (Å²) in [5.74, 6) is -10.1. The number of unbranched alkanes of at least 4 members (excludes halogenated alkanes) is 1. The van der Waals surface area contributed by atoms with Gasteiger partial charge < -0.3 is 97.1 Å². The molecule has 6 aliphatic rings. The van der Waals surface area contributed by atoms with Crippen LogP contribution in [0.2, 0.25) is 0 Å². The van der Waals surface area contributed by atoms with Gasteiger partial charge in [0.25, 0.3) is 0 Å². The molecule has 112 heavy (non-hydrogen) atoms. The number of benzene rings is 3. The number of phenols is 2. The van der Waals surface area contributed by atoms with Gasteiger partial charge in [-0.1, -0.05) is 57.1 Å². The van der Waals surface area contributed by atoms with Crippen molar-refractivity contribution in [2.24, 2.45) is 5.73 Å². The SMILES string of the molecule is C[C@@H]1NC(=O)[C@H]([C@@H](C)O)NC(=O)[C@@H]2CCCN2C(=O)[C@H](CCC(=O)O)NC(=O)CN(C(=O)CCCCNC(=S)Nc2ccc3c(c2)C2(OC3=O)c3ccc(O)cc3Oc3cc(O)ccc32)CCCCCCC=CCCCCCCCCCN(CC(N)=O)C(=O)[C@H](CCC(=O)O)NC(=O)[C@@H]2CCCN2C(=O)[C@@H]2CCCN2C1=O. The molecule has 9 rings (SSSR count). The number of primary amides is 1. The van der Waals surface area contributed by atoms with Crippen molar-refractivity contribution in [1.82, 2.24) is 51.1 Å². The maximum absolute atomic E-state index is 14.6. The lowest BCUT2D eigenvalue weighted by atomic mass is 9.77. The first-order valence-corrected chi connectivity index (χ1v) is 39.6. The van der Waals surface area contributed by atoms with Crippen LogP contribution in [-0.2, 0) is 67.9 Å². The molecule has 8 atom stereocenters. The van der Waals surface area contributed by atoms with Gasteiger partial charge in [0.1, 0.15) is 65.3 Å². The van der Waals surface area contributed by atoms with Crippen LogP contribution in [0.1, 0.15) is 208 Å². The number of phenolic OH excluding ortho intramolecular Hbond substituents is 2. The number of anilines is 1. The molecule has 3 fully saturated rings. The third kappa shape index (κ3) is 22.4. The molecule has 3 saturated heterocycles. The number of ether oxygens (including phenoxy) is 2. The predicted molar refractivity (Wildman–Crippen MR) is 411 cm³/mol. The highest BCUT2D eigenvalue weighted by Gasteiger charge is 2.54. The molecule has 0 bridgehead atoms. The summed E-state index contributed by atoms with van der Waals surface area (Å²) in [6.07, 6.45) is 13.8. The van der Waals surface area contributed by atoms with Gasteiger partial charge in [-0.2, -0.15) is 0 Å². The summed E-state index contributed by atoms with van der Waals surface area (Å²) in [6, 6.07) is 4.52. The molecule has 0 saturated carbocycles. The number of nitrogens with one attached hydrogen (secondary N) is 6. The number of aliphatic hydroxyl groups is 1. The second kappa shape index (κ2) is 40.7. The Morgan fingerprint density at radius 3 is 1.71 bits per heavy atom. The first-order chi connectivity index (χ1) is 53.6. The van der Waals surface area contributed by atoms with Crippen LogP contribution in [0.15, 0.2) is 66.7 Å². The highest BCUT2D eigenvalue weighted by Crippen LogP contribution is 2.57. The summed E-state index contributed by atoms with van der Waals surface area (Å²) in [5, 5.41) is 68.2. The number of thiocarbonyl (C=S) groups is 1. The number of allylic oxidation sites excluding steroid dienone is 2. The Balaban J connectivity index is 0.852. The van der Waals surface area contributed by atoms with Crippen molar-refractivity contribution in [3.8, 4) is 23.0 Å². The summed E-state index contributed by atoms with van der Waals surface area (Å²) < 4.78 is 12.3. The topological polar surface area (TPSA) is 456 Å². The Kier molecular flexibility index (Phi) is 31.1. The number of aliphatic hydroxyl groups excluding tert-OH is 1. The van der Waals surface area contributed by atoms with E-state index in [4.69, 9.17) is 27.4 Å². The second-order valence-electron chi connectivity index (χ2n) is 29.7. The molecule has 0 aromatic heterocycles. The highest BCUT2D eigenvalue weighted by atomic mass is 32.1. The van der Waals surface area contributed by atoms with Gasteiger partial charge in [-0.15, -0.1) is 0 Å². The van der Waals surface area contributed by atoms with E-state index in [-0.39, 0.29) is 111 Å². The second-order valence-corrected chi connectivity index (χ2v) is 30.1. The normalized spacial score (nSPS) is 23.5. The predicted octanol–water partition coefficient (Wildman–Crippen LogP) is 4.95. The number of carboxylic acids is 2. The van der Waals surface area contributed by atoms with E-state index in [1.165, 1.54) is 62.6 Å². The van der Waals surface area contributed by atoms with E-state index in [9.17, 15) is 87.9 Å². The number of aromatic hydroxyl groups is 2. The van der Waals surface area contributed by atoms with Crippen molar-refractivity contribution in [3.05, 3.63) is 89.0 Å². The number of fused-ring (bicyclic) bond motifs is 9. The minimum absolute atomic E-state index is 0.0130. The molecule has 6 aliphatic heterocycles. The third-order valence-corrected chi connectivity index (χ3v) is 21.6. The van der Waals surface area contributed by atoms with E-state index in [2.05, 4.69) is 44.1 Å². The van der Waals surface area contributed by atoms with E-state index < -0.39 is 157 Å². The molecular weight excluding hydrogens is 1470 g/mol. The molecule has 3 aromatic rings. The molecular formula is C79H106N12O20S. The van der Waals surface area contributed by atoms with Crippen molar-refractivity contribution in [1.29, 1.82) is 0 Å². The number of carbonyl (C=O) groups excluding carboxylic acids is 11. The third-order valence-electron chi connectivity index (χ3n) is 21.3. The van der Waals surface area contributed by atoms with E-state index in [1.54, 1.807) is 30.3 Å². The lowest BCUT2D eigenvalue weighted by Crippen LogP contribution is -2.61. The van der Waals surface area contributed by atoms with Gasteiger partial charge in [0.15, 0.2) is 10.7 Å². The number of nitrogens with two attached hydrogens (primary N) is 1. The monoisotopic (exact) mass is 1570 g/mol. The quantitative estimate of drug-likeness (QED) is 0.0414. The van der Waals surface area contributed by atoms with E-state index >= 15 is 0 Å². The number of carboxylic acid groups (broad SMARTS) is 2. The van der Waals surface area contributed by atoms with Gasteiger partial charge in [0.2, 0.25) is 59.1 Å². The Bertz CT molecular complexity index is 3950. The minimum atomic E-state index is -1.70. The van der Waals surface area contributed by atoms with Crippen LogP contribution in [0.4, 0.5) is 5.69 Å². The van der Waals surface area contributed by atoms with Gasteiger partial charge in [0, 0.05) is 93.0 Å². The number of hydrogen-bond acceptors (Lipinski definition) is 19. The zero-order valence-corrected chi connectivity index (χ0v) is 64.4. The van der Waals surface area contributed by atoms with Crippen LogP contribution in [-0.4, -0.2) is 233 Å². The average molecular weight is 1580 g/mol. The molecule has 32 nitrogen and oxygen atoms in total. The molecule has 0 radical (unpaired) electrons. The maximum Gasteiger partial charge on any atom is 0.340 e. The van der Waals surface area contributed by atoms with Crippen LogP contribution in [0, 0.1) is 0 Å². The van der Waals surface area contributed by atoms with Crippen LogP contribution in [0.3, 0.4) is 0 Å². The van der Waals surface area contributed by atoms with Gasteiger partial charge in [0.05, 0.1) is 24.8 Å². The fourth-order valence-corrected chi connectivity index (χ4v) is 15.8. The van der Waals surface area contributed by atoms with Crippen LogP contribution < -0.4 is 42.4 Å². The zero-order chi connectivity index (χ0) is 80.8. The minimum Gasteiger partial charge on any atom is -0.508 e. The van der Waals surface area contributed by atoms with Crippen molar-refractivity contribution in [2.75, 3.05) is 57.7 Å². The Labute approximate surface area is 655 Å². The molecule has 33 heteroatoms. The largest absolute Gasteiger partial charge is 0.508 e. The van der Waals surface area contributed by atoms with Gasteiger partial charge in [-0.3, -0.25) is 57.5 Å². The number of rotatable bonds is 15. The molecule has 3 aromatic carbocycles. The Morgan fingerprint density at radius 1 is 0.589 bits per heavy atom. The summed E-state index contributed by atoms with van der Waals surface area (Å²) in [6.45, 7) is 2.42. The molecule has 1 spiro atoms. The number of esters is 1. The van der Waals surface area contributed by atoms with Gasteiger partial charge in [-0.05, 0) is 171 Å². The maximum atomic E-state index is 14.6. The zero-order valence-electron chi connectivity index (χ0n) is 63.6. The van der Waals surface area contributed by atoms with Crippen molar-refractivity contribution in [3.63, 3.8) is 0 Å². The molecule has 0 unspecified atom stereocenters. The molecule has 10 amide bonds. The lowest BCUT2D eigenvalue weighted by molar-refractivity contribution is -0.148. The first-order valence-electron chi connectivity index (χ1n) is 39.2. The fraction of sp³-hybridized carbons (Fsp3) is 0.570. The van der Waals surface area contributed by atoms with E-state index in [0.29, 0.717) is 73.9 Å². The number of hydrogen-bond donors (Lipinski definition) is 12. The number of nitrogens with zero attached hydrogens (tertiary/aromatic N) is 5. The molecule has 0 aliphatic carbocycles. The number of amides is 10. The average Bonchev–Trinajstić information content (AvgIpc) is 1.49. The van der Waals surface area contributed by atoms with Crippen LogP contribution >= 0.6 is 12.2 Å². The summed E-state index contributed by atoms with van der Waals surface area (Å²) in [5.41, 5.74) is 6.20. The lowest BCUT2D eigenvalue weighted by Gasteiger charge is -2.36. The Hall–Kier alpha value is -10.4. The van der Waals surface area contributed by atoms with Crippen molar-refractivity contribution < 1.29 is 97.3 Å². The van der Waals surface area contributed by atoms with Crippen molar-refractivity contribution >= 4 is 100.0 Å². The number of carbonyl (C=O) groups is 13. The van der Waals surface area contributed by atoms with Crippen LogP contribution in [0.5, 0.6) is 23.0 Å². The van der Waals surface area contributed by atoms with Crippen molar-refractivity contribution in [2.45, 2.75) is 235 Å². The van der Waals surface area contributed by atoms with Gasteiger partial charge in [-0.25, -0.2) is 4.79 Å². The van der Waals surface area contributed by atoms with E-state index in [0.717, 1.165) is 64.2 Å². The summed E-state index contributed by atoms with van der Waals surface area (Å²) >= 11 is 5.70. The molecule has 6 heterocycles. The van der Waals surface area contributed by atoms with Crippen LogP contribution in [0.25, 0.3) is 0 Å². The Morgan fingerprint density at radius 2 is 1.12 bits per heavy atom. The van der Waals surface area contributed by atoms with E-state index in [1.807, 2.05) is 0 Å². The summed E-state index contributed by atoms with van der Waals surface area (Å²) in [7, 11) is 0. The standard InChI is InChI=1S/C79H106N12O20S/c1-48-73(105)91-42-22-25-61(91)76(108)90-41-21-23-59(90)70(102)85-57(33-35-67(98)99)74(106)88(46-64(80)95)39-19-15-13-11-9-7-5-3-4-6-8-10-12-14-18-38-87(47-65(96)84-58(34-36-68(100)101)75(107)89-40-20-24-60(89)71(103)86-69(49(2)92)72(104)82-48)66(97)26-16-17-37-81-78(112)83-50-27-30-53-56(43-50)79(111-77(53)109)54-31-28-51(93)44-62(54)110-63-45-52(94)29-32-55(63)79/h4,6,27-32,43-45,48-49,57-61,69,92-94H,3,5,7-26,33-42,46-47H2,1-2H3,(H2,80,95)(H,82,104)(H,84,96)(H,85,102)(H,86,103)(H,98,99)(H,100,101)(H2,81,83,112)/t48-,49+,57-,58-,59-,60-,61-,69-/m0/s1. The molecule has 608 valence electrons. The molecule has 13 N–H and O–H groups in total.